The van der Waals surface area contributed by atoms with Crippen LogP contribution in [0.4, 0.5) is 18.9 Å². The van der Waals surface area contributed by atoms with Crippen LogP contribution in [-0.4, -0.2) is 74.1 Å². The van der Waals surface area contributed by atoms with Gasteiger partial charge in [-0.15, -0.1) is 0 Å². The molecule has 0 radical (unpaired) electrons. The number of alkyl halides is 3. The van der Waals surface area contributed by atoms with E-state index >= 15 is 0 Å². The molecule has 230 valence electrons. The fourth-order valence-electron chi connectivity index (χ4n) is 4.78. The maximum atomic E-state index is 13.5. The van der Waals surface area contributed by atoms with Gasteiger partial charge in [-0.1, -0.05) is 29.8 Å². The molecule has 1 unspecified atom stereocenters. The van der Waals surface area contributed by atoms with E-state index in [2.05, 4.69) is 10.3 Å². The van der Waals surface area contributed by atoms with Crippen molar-refractivity contribution in [1.29, 1.82) is 0 Å². The van der Waals surface area contributed by atoms with Gasteiger partial charge < -0.3 is 19.7 Å². The lowest BCUT2D eigenvalue weighted by Crippen LogP contribution is -2.54. The zero-order chi connectivity index (χ0) is 31.3. The molecule has 0 aliphatic carbocycles. The molecule has 14 heteroatoms. The summed E-state index contributed by atoms with van der Waals surface area (Å²) in [7, 11) is -4.22. The Morgan fingerprint density at radius 1 is 1.14 bits per heavy atom. The molecular formula is C29H29ClF3N3O6S. The topological polar surface area (TPSA) is 115 Å². The Labute approximate surface area is 251 Å². The van der Waals surface area contributed by atoms with Crippen molar-refractivity contribution in [3.05, 3.63) is 77.5 Å². The molecule has 1 amide bonds. The number of halogens is 4. The number of carbonyl (C=O) groups excluding carboxylic acids is 2. The minimum Gasteiger partial charge on any atom is -0.464 e. The quantitative estimate of drug-likeness (QED) is 0.202. The van der Waals surface area contributed by atoms with Crippen molar-refractivity contribution in [3.8, 4) is 0 Å². The van der Waals surface area contributed by atoms with Crippen LogP contribution in [0.15, 0.2) is 77.3 Å². The molecule has 1 aliphatic rings. The lowest BCUT2D eigenvalue weighted by molar-refractivity contribution is -0.167. The number of nitrogens with zero attached hydrogens (tertiary/aromatic N) is 2. The molecule has 2 aromatic carbocycles. The second-order valence-electron chi connectivity index (χ2n) is 9.73. The van der Waals surface area contributed by atoms with Crippen LogP contribution in [0.2, 0.25) is 5.02 Å². The van der Waals surface area contributed by atoms with E-state index in [-0.39, 0.29) is 31.0 Å². The van der Waals surface area contributed by atoms with Gasteiger partial charge in [0.15, 0.2) is 15.6 Å². The summed E-state index contributed by atoms with van der Waals surface area (Å²) in [6, 6.07) is 14.2. The Balaban J connectivity index is 1.63. The summed E-state index contributed by atoms with van der Waals surface area (Å²) in [4.78, 5) is 30.7. The summed E-state index contributed by atoms with van der Waals surface area (Å²) in [5, 5.41) is 4.50. The van der Waals surface area contributed by atoms with Crippen molar-refractivity contribution in [1.82, 2.24) is 9.88 Å². The molecule has 3 aromatic rings. The Kier molecular flexibility index (Phi) is 9.98. The number of rotatable bonds is 13. The highest BCUT2D eigenvalue weighted by Gasteiger charge is 2.51. The van der Waals surface area contributed by atoms with Crippen molar-refractivity contribution in [2.24, 2.45) is 0 Å². The van der Waals surface area contributed by atoms with Gasteiger partial charge in [-0.3, -0.25) is 9.78 Å². The number of benzene rings is 2. The third kappa shape index (κ3) is 8.03. The average molecular weight is 640 g/mol. The number of nitrogens with one attached hydrogen (secondary N) is 1. The molecule has 0 spiro atoms. The number of ether oxygens (including phenoxy) is 2. The van der Waals surface area contributed by atoms with Gasteiger partial charge in [0.25, 0.3) is 5.91 Å². The van der Waals surface area contributed by atoms with Gasteiger partial charge in [0.2, 0.25) is 0 Å². The van der Waals surface area contributed by atoms with Crippen molar-refractivity contribution in [2.75, 3.05) is 37.4 Å². The second kappa shape index (κ2) is 13.3. The predicted octanol–water partition coefficient (Wildman–Crippen LogP) is 5.16. The number of carbonyl (C=O) groups is 2. The lowest BCUT2D eigenvalue weighted by Gasteiger charge is -2.37. The molecule has 2 heterocycles. The number of esters is 1. The van der Waals surface area contributed by atoms with Crippen LogP contribution in [0.3, 0.4) is 0 Å². The first-order valence-electron chi connectivity index (χ1n) is 13.3. The minimum absolute atomic E-state index is 0.00310. The first-order valence-corrected chi connectivity index (χ1v) is 15.3. The number of fused-ring (bicyclic) bond motifs is 1. The fourth-order valence-corrected chi connectivity index (χ4v) is 6.55. The van der Waals surface area contributed by atoms with Gasteiger partial charge in [-0.25, -0.2) is 13.2 Å². The van der Waals surface area contributed by atoms with Crippen LogP contribution in [0, 0.1) is 0 Å². The first kappa shape index (κ1) is 32.2. The van der Waals surface area contributed by atoms with Crippen LogP contribution in [-0.2, 0) is 28.9 Å². The number of aromatic nitrogens is 1. The molecule has 43 heavy (non-hydrogen) atoms. The van der Waals surface area contributed by atoms with E-state index in [0.717, 1.165) is 16.4 Å². The van der Waals surface area contributed by atoms with Crippen LogP contribution in [0.25, 0.3) is 10.9 Å². The summed E-state index contributed by atoms with van der Waals surface area (Å²) in [5.74, 6) is -2.82. The van der Waals surface area contributed by atoms with Crippen LogP contribution in [0.1, 0.15) is 19.8 Å². The average Bonchev–Trinajstić information content (AvgIpc) is 3.18. The molecule has 1 aliphatic heterocycles. The van der Waals surface area contributed by atoms with E-state index in [1.54, 1.807) is 43.5 Å². The maximum absolute atomic E-state index is 13.5. The number of hydrogen-bond acceptors (Lipinski definition) is 8. The van der Waals surface area contributed by atoms with Gasteiger partial charge in [-0.05, 0) is 55.8 Å². The van der Waals surface area contributed by atoms with E-state index in [0.29, 0.717) is 16.2 Å². The number of anilines is 1. The number of hydrogen-bond donors (Lipinski definition) is 1. The fraction of sp³-hybridized carbons (Fsp3) is 0.345. The number of sulfone groups is 1. The third-order valence-corrected chi connectivity index (χ3v) is 8.61. The minimum atomic E-state index is -4.75. The molecule has 0 fully saturated rings. The molecule has 9 nitrogen and oxygen atoms in total. The molecule has 4 rings (SSSR count). The standard InChI is InChI=1S/C29H29ClF3N3O6S/c1-2-41-26(37)18-42-28(19-43(39,40)22-7-4-3-5-8-22)16-20(17-29(31,32)33)27(38)36(28)14-6-12-34-24-11-13-35-25-15-21(30)9-10-23(24)25/h3-5,7-11,13,15-16H,2,6,12,14,17-19H2,1H3,(H,34,35). The van der Waals surface area contributed by atoms with Gasteiger partial charge in [0.05, 0.1) is 23.4 Å². The smallest absolute Gasteiger partial charge is 0.393 e. The normalized spacial score (nSPS) is 17.3. The van der Waals surface area contributed by atoms with E-state index in [1.165, 1.54) is 24.3 Å². The monoisotopic (exact) mass is 639 g/mol. The summed E-state index contributed by atoms with van der Waals surface area (Å²) in [6.45, 7) is 0.817. The first-order chi connectivity index (χ1) is 20.3. The Hall–Kier alpha value is -3.68. The van der Waals surface area contributed by atoms with Crippen molar-refractivity contribution < 1.29 is 40.7 Å². The van der Waals surface area contributed by atoms with Crippen molar-refractivity contribution in [2.45, 2.75) is 36.6 Å². The Morgan fingerprint density at radius 2 is 1.88 bits per heavy atom. The summed E-state index contributed by atoms with van der Waals surface area (Å²) >= 11 is 6.05. The highest BCUT2D eigenvalue weighted by molar-refractivity contribution is 7.91. The number of amides is 1. The molecular weight excluding hydrogens is 611 g/mol. The maximum Gasteiger partial charge on any atom is 0.393 e. The van der Waals surface area contributed by atoms with Crippen LogP contribution >= 0.6 is 11.6 Å². The molecule has 0 saturated carbocycles. The van der Waals surface area contributed by atoms with Crippen LogP contribution < -0.4 is 5.32 Å². The largest absolute Gasteiger partial charge is 0.464 e. The van der Waals surface area contributed by atoms with Crippen LogP contribution in [0.5, 0.6) is 0 Å². The molecule has 1 aromatic heterocycles. The predicted molar refractivity (Wildman–Crippen MR) is 154 cm³/mol. The zero-order valence-corrected chi connectivity index (χ0v) is 24.6. The van der Waals surface area contributed by atoms with E-state index < -0.39 is 58.0 Å². The van der Waals surface area contributed by atoms with Crippen molar-refractivity contribution in [3.63, 3.8) is 0 Å². The lowest BCUT2D eigenvalue weighted by atomic mass is 10.1. The van der Waals surface area contributed by atoms with E-state index in [1.807, 2.05) is 0 Å². The third-order valence-electron chi connectivity index (χ3n) is 6.59. The molecule has 0 bridgehead atoms. The number of pyridine rings is 1. The second-order valence-corrected chi connectivity index (χ2v) is 12.2. The Morgan fingerprint density at radius 3 is 2.58 bits per heavy atom. The molecule has 1 N–H and O–H groups in total. The van der Waals surface area contributed by atoms with Gasteiger partial charge in [0, 0.05) is 41.0 Å². The highest BCUT2D eigenvalue weighted by Crippen LogP contribution is 2.38. The summed E-state index contributed by atoms with van der Waals surface area (Å²) < 4.78 is 77.9. The molecule has 0 saturated heterocycles. The van der Waals surface area contributed by atoms with E-state index in [9.17, 15) is 31.2 Å². The molecule has 1 atom stereocenters. The SMILES string of the molecule is CCOC(=O)COC1(CS(=O)(=O)c2ccccc2)C=C(CC(F)(F)F)C(=O)N1CCCNc1ccnc2cc(Cl)ccc12. The summed E-state index contributed by atoms with van der Waals surface area (Å²) in [5.41, 5.74) is -1.52. The van der Waals surface area contributed by atoms with Gasteiger partial charge in [0.1, 0.15) is 12.4 Å². The van der Waals surface area contributed by atoms with Crippen molar-refractivity contribution >= 4 is 49.9 Å². The Bertz CT molecular complexity index is 1620. The zero-order valence-electron chi connectivity index (χ0n) is 23.1. The van der Waals surface area contributed by atoms with Gasteiger partial charge in [-0.2, -0.15) is 13.2 Å². The highest BCUT2D eigenvalue weighted by atomic mass is 35.5. The van der Waals surface area contributed by atoms with E-state index in [4.69, 9.17) is 21.1 Å². The summed E-state index contributed by atoms with van der Waals surface area (Å²) in [6.07, 6.45) is -3.71. The van der Waals surface area contributed by atoms with Gasteiger partial charge >= 0.3 is 12.1 Å².